The summed E-state index contributed by atoms with van der Waals surface area (Å²) in [5.41, 5.74) is 0.550. The summed E-state index contributed by atoms with van der Waals surface area (Å²) in [5.74, 6) is -0.227. The van der Waals surface area contributed by atoms with Gasteiger partial charge in [0.15, 0.2) is 0 Å². The Morgan fingerprint density at radius 3 is 2.46 bits per heavy atom. The molecule has 0 bridgehead atoms. The molecule has 1 aliphatic heterocycles. The molecule has 1 saturated heterocycles. The van der Waals surface area contributed by atoms with Gasteiger partial charge in [0.05, 0.1) is 27.8 Å². The second-order valence-electron chi connectivity index (χ2n) is 6.18. The first-order valence-electron chi connectivity index (χ1n) is 8.08. The van der Waals surface area contributed by atoms with E-state index < -0.39 is 10.0 Å². The summed E-state index contributed by atoms with van der Waals surface area (Å²) in [5, 5.41) is 0. The van der Waals surface area contributed by atoms with E-state index in [1.807, 2.05) is 13.8 Å². The highest BCUT2D eigenvalue weighted by Crippen LogP contribution is 2.28. The van der Waals surface area contributed by atoms with Gasteiger partial charge >= 0.3 is 0 Å². The Balaban J connectivity index is 1.87. The van der Waals surface area contributed by atoms with Gasteiger partial charge in [-0.05, 0) is 38.1 Å². The number of rotatable bonds is 4. The summed E-state index contributed by atoms with van der Waals surface area (Å²) < 4.78 is 33.8. The first kappa shape index (κ1) is 19.2. The highest BCUT2D eigenvalue weighted by molar-refractivity contribution is 7.94. The van der Waals surface area contributed by atoms with Crippen LogP contribution in [0.2, 0.25) is 4.34 Å². The van der Waals surface area contributed by atoms with Gasteiger partial charge < -0.3 is 9.64 Å². The predicted molar refractivity (Wildman–Crippen MR) is 102 cm³/mol. The van der Waals surface area contributed by atoms with Gasteiger partial charge in [0.1, 0.15) is 4.21 Å². The first-order valence-corrected chi connectivity index (χ1v) is 10.8. The number of carbonyl (C=O) groups is 1. The molecule has 9 heteroatoms. The van der Waals surface area contributed by atoms with Gasteiger partial charge in [-0.15, -0.1) is 11.3 Å². The Morgan fingerprint density at radius 1 is 1.19 bits per heavy atom. The maximum atomic E-state index is 13.0. The lowest BCUT2D eigenvalue weighted by atomic mass is 10.1. The van der Waals surface area contributed by atoms with Gasteiger partial charge in [0, 0.05) is 13.1 Å². The van der Waals surface area contributed by atoms with Crippen molar-refractivity contribution in [2.75, 3.05) is 17.8 Å². The van der Waals surface area contributed by atoms with Gasteiger partial charge in [-0.25, -0.2) is 8.42 Å². The lowest BCUT2D eigenvalue weighted by Crippen LogP contribution is -2.48. The molecule has 0 radical (unpaired) electrons. The zero-order valence-electron chi connectivity index (χ0n) is 14.3. The number of morpholine rings is 1. The van der Waals surface area contributed by atoms with Gasteiger partial charge in [-0.1, -0.05) is 23.7 Å². The highest BCUT2D eigenvalue weighted by Gasteiger charge is 2.28. The van der Waals surface area contributed by atoms with Crippen molar-refractivity contribution < 1.29 is 17.9 Å². The third kappa shape index (κ3) is 4.20. The highest BCUT2D eigenvalue weighted by atomic mass is 35.5. The largest absolute Gasteiger partial charge is 0.372 e. The molecule has 1 aromatic heterocycles. The van der Waals surface area contributed by atoms with E-state index in [1.54, 1.807) is 29.2 Å². The maximum Gasteiger partial charge on any atom is 0.271 e. The molecule has 0 aliphatic carbocycles. The summed E-state index contributed by atoms with van der Waals surface area (Å²) in [6.07, 6.45) is -0.139. The number of halogens is 1. The Morgan fingerprint density at radius 2 is 1.85 bits per heavy atom. The fraction of sp³-hybridized carbons (Fsp3) is 0.353. The number of sulfonamides is 1. The maximum absolute atomic E-state index is 13.0. The van der Waals surface area contributed by atoms with Gasteiger partial charge in [-0.2, -0.15) is 0 Å². The van der Waals surface area contributed by atoms with Crippen LogP contribution in [0.15, 0.2) is 40.6 Å². The van der Waals surface area contributed by atoms with Crippen LogP contribution in [0.4, 0.5) is 5.69 Å². The van der Waals surface area contributed by atoms with Crippen LogP contribution in [0.3, 0.4) is 0 Å². The third-order valence-corrected chi connectivity index (χ3v) is 7.01. The second kappa shape index (κ2) is 7.56. The van der Waals surface area contributed by atoms with Crippen LogP contribution in [0.5, 0.6) is 0 Å². The van der Waals surface area contributed by atoms with E-state index >= 15 is 0 Å². The molecule has 140 valence electrons. The van der Waals surface area contributed by atoms with E-state index in [2.05, 4.69) is 4.72 Å². The summed E-state index contributed by atoms with van der Waals surface area (Å²) in [6.45, 7) is 4.74. The molecule has 2 heterocycles. The van der Waals surface area contributed by atoms with E-state index in [4.69, 9.17) is 16.3 Å². The predicted octanol–water partition coefficient (Wildman–Crippen LogP) is 3.45. The molecule has 1 aliphatic rings. The fourth-order valence-corrected chi connectivity index (χ4v) is 5.47. The number of amides is 1. The van der Waals surface area contributed by atoms with E-state index in [9.17, 15) is 13.2 Å². The molecule has 1 amide bonds. The Bertz CT molecular complexity index is 903. The molecule has 26 heavy (non-hydrogen) atoms. The van der Waals surface area contributed by atoms with Crippen LogP contribution in [-0.4, -0.2) is 44.5 Å². The molecule has 1 N–H and O–H groups in total. The first-order chi connectivity index (χ1) is 12.3. The molecule has 1 aromatic carbocycles. The number of thiophene rings is 1. The van der Waals surface area contributed by atoms with Crippen molar-refractivity contribution >= 4 is 44.6 Å². The smallest absolute Gasteiger partial charge is 0.271 e. The number of nitrogens with zero attached hydrogens (tertiary/aromatic N) is 1. The van der Waals surface area contributed by atoms with E-state index in [-0.39, 0.29) is 28.0 Å². The number of hydrogen-bond donors (Lipinski definition) is 1. The van der Waals surface area contributed by atoms with Crippen LogP contribution >= 0.6 is 22.9 Å². The lowest BCUT2D eigenvalue weighted by molar-refractivity contribution is -0.0585. The lowest BCUT2D eigenvalue weighted by Gasteiger charge is -2.35. The molecular weight excluding hydrogens is 396 g/mol. The molecular formula is C17H19ClN2O4S2. The van der Waals surface area contributed by atoms with Crippen LogP contribution in [-0.2, 0) is 14.8 Å². The quantitative estimate of drug-likeness (QED) is 0.831. The average Bonchev–Trinajstić information content (AvgIpc) is 3.01. The normalized spacial score (nSPS) is 20.8. The molecule has 1 fully saturated rings. The molecule has 0 spiro atoms. The molecule has 0 saturated carbocycles. The summed E-state index contributed by atoms with van der Waals surface area (Å²) in [7, 11) is -3.81. The van der Waals surface area contributed by atoms with Gasteiger partial charge in [0.25, 0.3) is 15.9 Å². The van der Waals surface area contributed by atoms with Crippen LogP contribution in [0, 0.1) is 0 Å². The molecule has 2 aromatic rings. The van der Waals surface area contributed by atoms with Crippen molar-refractivity contribution in [1.29, 1.82) is 0 Å². The number of ether oxygens (including phenoxy) is 1. The fourth-order valence-electron chi connectivity index (χ4n) is 2.91. The number of nitrogens with one attached hydrogen (secondary N) is 1. The number of benzene rings is 1. The Hall–Kier alpha value is -1.61. The Kier molecular flexibility index (Phi) is 5.57. The van der Waals surface area contributed by atoms with Crippen LogP contribution in [0.25, 0.3) is 0 Å². The number of carbonyl (C=O) groups excluding carboxylic acids is 1. The topological polar surface area (TPSA) is 75.7 Å². The monoisotopic (exact) mass is 414 g/mol. The summed E-state index contributed by atoms with van der Waals surface area (Å²) >= 11 is 6.79. The molecule has 0 unspecified atom stereocenters. The van der Waals surface area contributed by atoms with Crippen molar-refractivity contribution in [2.24, 2.45) is 0 Å². The van der Waals surface area contributed by atoms with Crippen molar-refractivity contribution in [1.82, 2.24) is 4.90 Å². The number of hydrogen-bond acceptors (Lipinski definition) is 5. The van der Waals surface area contributed by atoms with Gasteiger partial charge in [0.2, 0.25) is 0 Å². The molecule has 2 atom stereocenters. The van der Waals surface area contributed by atoms with Crippen molar-refractivity contribution in [3.05, 3.63) is 46.3 Å². The van der Waals surface area contributed by atoms with Crippen molar-refractivity contribution in [2.45, 2.75) is 30.3 Å². The van der Waals surface area contributed by atoms with Crippen molar-refractivity contribution in [3.8, 4) is 0 Å². The molecule has 6 nitrogen and oxygen atoms in total. The summed E-state index contributed by atoms with van der Waals surface area (Å²) in [6, 6.07) is 9.54. The third-order valence-electron chi connectivity index (χ3n) is 3.92. The minimum atomic E-state index is -3.81. The zero-order chi connectivity index (χ0) is 18.9. The van der Waals surface area contributed by atoms with Gasteiger partial charge in [-0.3, -0.25) is 9.52 Å². The van der Waals surface area contributed by atoms with E-state index in [0.717, 1.165) is 11.3 Å². The number of para-hydroxylation sites is 1. The minimum absolute atomic E-state index is 0.0696. The minimum Gasteiger partial charge on any atom is -0.372 e. The van der Waals surface area contributed by atoms with Crippen LogP contribution in [0.1, 0.15) is 24.2 Å². The van der Waals surface area contributed by atoms with E-state index in [1.165, 1.54) is 12.1 Å². The number of anilines is 1. The van der Waals surface area contributed by atoms with Crippen LogP contribution < -0.4 is 4.72 Å². The molecule has 3 rings (SSSR count). The summed E-state index contributed by atoms with van der Waals surface area (Å²) in [4.78, 5) is 14.6. The second-order valence-corrected chi connectivity index (χ2v) is 9.80. The zero-order valence-corrected chi connectivity index (χ0v) is 16.7. The average molecular weight is 415 g/mol. The SMILES string of the molecule is C[C@@H]1CN(C(=O)c2ccccc2NS(=O)(=O)c2ccc(Cl)s2)C[C@H](C)O1. The van der Waals surface area contributed by atoms with E-state index in [0.29, 0.717) is 23.0 Å². The standard InChI is InChI=1S/C17H19ClN2O4S2/c1-11-9-20(10-12(2)24-11)17(21)13-5-3-4-6-14(13)19-26(22,23)16-8-7-15(18)25-16/h3-8,11-12,19H,9-10H2,1-2H3/t11-,12+. The van der Waals surface area contributed by atoms with Crippen molar-refractivity contribution in [3.63, 3.8) is 0 Å². The Labute approximate surface area is 161 Å².